The van der Waals surface area contributed by atoms with Crippen molar-refractivity contribution in [3.8, 4) is 0 Å². The maximum absolute atomic E-state index is 3.58. The van der Waals surface area contributed by atoms with E-state index in [0.717, 1.165) is 23.3 Å². The predicted octanol–water partition coefficient (Wildman–Crippen LogP) is 1.56. The van der Waals surface area contributed by atoms with Crippen molar-refractivity contribution in [2.24, 2.45) is 5.92 Å². The summed E-state index contributed by atoms with van der Waals surface area (Å²) in [5, 5.41) is 4.47. The van der Waals surface area contributed by atoms with E-state index in [1.807, 2.05) is 0 Å². The van der Waals surface area contributed by atoms with Crippen molar-refractivity contribution in [3.63, 3.8) is 0 Å². The highest BCUT2D eigenvalue weighted by atomic mass is 32.2. The van der Waals surface area contributed by atoms with E-state index in [9.17, 15) is 0 Å². The lowest BCUT2D eigenvalue weighted by atomic mass is 9.90. The Morgan fingerprint density at radius 2 is 2.27 bits per heavy atom. The minimum atomic E-state index is 0.870. The van der Waals surface area contributed by atoms with E-state index in [4.69, 9.17) is 0 Å². The van der Waals surface area contributed by atoms with E-state index in [0.29, 0.717) is 0 Å². The molecule has 3 fully saturated rings. The van der Waals surface area contributed by atoms with E-state index in [2.05, 4.69) is 28.9 Å². The van der Waals surface area contributed by atoms with Crippen LogP contribution in [0.2, 0.25) is 0 Å². The third kappa shape index (κ3) is 1.94. The second-order valence-electron chi connectivity index (χ2n) is 5.40. The van der Waals surface area contributed by atoms with Gasteiger partial charge in [0.2, 0.25) is 0 Å². The largest absolute Gasteiger partial charge is 0.315 e. The normalized spacial score (nSPS) is 47.0. The van der Waals surface area contributed by atoms with Crippen molar-refractivity contribution in [1.82, 2.24) is 10.2 Å². The molecule has 3 aliphatic heterocycles. The van der Waals surface area contributed by atoms with Crippen molar-refractivity contribution in [2.75, 3.05) is 25.4 Å². The summed E-state index contributed by atoms with van der Waals surface area (Å²) >= 11 is 2.17. The predicted molar refractivity (Wildman–Crippen MR) is 66.4 cm³/mol. The molecule has 86 valence electrons. The number of hydrogen-bond donors (Lipinski definition) is 1. The summed E-state index contributed by atoms with van der Waals surface area (Å²) in [6, 6.07) is 1.76. The fourth-order valence-electron chi connectivity index (χ4n) is 3.58. The van der Waals surface area contributed by atoms with Crippen LogP contribution in [0, 0.1) is 5.92 Å². The highest BCUT2D eigenvalue weighted by molar-refractivity contribution is 8.00. The fourth-order valence-corrected chi connectivity index (χ4v) is 4.82. The van der Waals surface area contributed by atoms with E-state index >= 15 is 0 Å². The quantitative estimate of drug-likeness (QED) is 0.730. The summed E-state index contributed by atoms with van der Waals surface area (Å²) in [4.78, 5) is 2.84. The Kier molecular flexibility index (Phi) is 2.97. The molecule has 4 unspecified atom stereocenters. The lowest BCUT2D eigenvalue weighted by Crippen LogP contribution is -2.50. The van der Waals surface area contributed by atoms with Gasteiger partial charge in [-0.1, -0.05) is 6.92 Å². The molecule has 2 nitrogen and oxygen atoms in total. The molecule has 0 aromatic rings. The molecule has 0 aliphatic carbocycles. The van der Waals surface area contributed by atoms with Crippen LogP contribution in [0.15, 0.2) is 0 Å². The second-order valence-corrected chi connectivity index (χ2v) is 6.87. The Hall–Kier alpha value is 0.270. The highest BCUT2D eigenvalue weighted by Crippen LogP contribution is 2.35. The molecule has 0 aromatic heterocycles. The van der Waals surface area contributed by atoms with Crippen LogP contribution in [0.3, 0.4) is 0 Å². The highest BCUT2D eigenvalue weighted by Gasteiger charge is 2.39. The number of likely N-dealkylation sites (tertiary alicyclic amines) is 1. The summed E-state index contributed by atoms with van der Waals surface area (Å²) in [6.45, 7) is 6.27. The van der Waals surface area contributed by atoms with Crippen LogP contribution in [0.25, 0.3) is 0 Å². The minimum absolute atomic E-state index is 0.870. The number of hydrogen-bond acceptors (Lipinski definition) is 3. The molecule has 0 aromatic carbocycles. The van der Waals surface area contributed by atoms with Crippen molar-refractivity contribution in [2.45, 2.75) is 43.5 Å². The first-order chi connectivity index (χ1) is 7.34. The Morgan fingerprint density at radius 3 is 3.07 bits per heavy atom. The Balaban J connectivity index is 1.69. The van der Waals surface area contributed by atoms with Crippen LogP contribution >= 0.6 is 11.8 Å². The molecular formula is C12H22N2S. The van der Waals surface area contributed by atoms with Crippen LogP contribution < -0.4 is 5.32 Å². The average Bonchev–Trinajstić information content (AvgIpc) is 2.84. The Morgan fingerprint density at radius 1 is 1.33 bits per heavy atom. The number of piperidine rings is 1. The molecule has 3 heterocycles. The van der Waals surface area contributed by atoms with E-state index in [-0.39, 0.29) is 0 Å². The van der Waals surface area contributed by atoms with Crippen LogP contribution in [0.1, 0.15) is 26.2 Å². The fraction of sp³-hybridized carbons (Fsp3) is 1.00. The molecule has 1 N–H and O–H groups in total. The van der Waals surface area contributed by atoms with Crippen molar-refractivity contribution >= 4 is 11.8 Å². The van der Waals surface area contributed by atoms with E-state index in [1.165, 1.54) is 44.6 Å². The van der Waals surface area contributed by atoms with E-state index in [1.54, 1.807) is 0 Å². The van der Waals surface area contributed by atoms with Gasteiger partial charge in [0, 0.05) is 29.6 Å². The van der Waals surface area contributed by atoms with Gasteiger partial charge in [0.05, 0.1) is 0 Å². The summed E-state index contributed by atoms with van der Waals surface area (Å²) in [5.74, 6) is 2.34. The lowest BCUT2D eigenvalue weighted by Gasteiger charge is -2.40. The molecule has 0 spiro atoms. The topological polar surface area (TPSA) is 15.3 Å². The minimum Gasteiger partial charge on any atom is -0.315 e. The number of thioether (sulfide) groups is 1. The maximum atomic E-state index is 3.58. The van der Waals surface area contributed by atoms with Gasteiger partial charge in [-0.2, -0.15) is 11.8 Å². The van der Waals surface area contributed by atoms with Crippen LogP contribution in [0.4, 0.5) is 0 Å². The summed E-state index contributed by atoms with van der Waals surface area (Å²) in [5.41, 5.74) is 0. The summed E-state index contributed by atoms with van der Waals surface area (Å²) < 4.78 is 0. The van der Waals surface area contributed by atoms with Gasteiger partial charge in [-0.15, -0.1) is 0 Å². The molecule has 4 atom stereocenters. The van der Waals surface area contributed by atoms with Gasteiger partial charge < -0.3 is 5.32 Å². The first kappa shape index (κ1) is 10.4. The van der Waals surface area contributed by atoms with Crippen molar-refractivity contribution in [1.29, 1.82) is 0 Å². The molecule has 3 rings (SSSR count). The summed E-state index contributed by atoms with van der Waals surface area (Å²) in [7, 11) is 0. The zero-order valence-electron chi connectivity index (χ0n) is 9.61. The molecule has 0 amide bonds. The molecule has 0 bridgehead atoms. The van der Waals surface area contributed by atoms with Gasteiger partial charge in [0.25, 0.3) is 0 Å². The Labute approximate surface area is 97.2 Å². The second kappa shape index (κ2) is 4.27. The van der Waals surface area contributed by atoms with Crippen LogP contribution in [0.5, 0.6) is 0 Å². The van der Waals surface area contributed by atoms with Crippen molar-refractivity contribution in [3.05, 3.63) is 0 Å². The number of nitrogens with one attached hydrogen (secondary N) is 1. The van der Waals surface area contributed by atoms with E-state index < -0.39 is 0 Å². The molecule has 15 heavy (non-hydrogen) atoms. The summed E-state index contributed by atoms with van der Waals surface area (Å²) in [6.07, 6.45) is 4.32. The van der Waals surface area contributed by atoms with Gasteiger partial charge in [-0.25, -0.2) is 0 Å². The van der Waals surface area contributed by atoms with Gasteiger partial charge in [-0.3, -0.25) is 4.90 Å². The molecule has 3 saturated heterocycles. The molecule has 3 aliphatic rings. The molecule has 3 heteroatoms. The van der Waals surface area contributed by atoms with Gasteiger partial charge in [-0.05, 0) is 38.3 Å². The van der Waals surface area contributed by atoms with Gasteiger partial charge in [0.1, 0.15) is 0 Å². The first-order valence-electron chi connectivity index (χ1n) is 6.42. The zero-order valence-corrected chi connectivity index (χ0v) is 10.4. The standard InChI is InChI=1S/C12H22N2S/c1-9-5-11(8-15-9)14-4-2-3-10-6-13-7-12(10)14/h9-13H,2-8H2,1H3. The number of rotatable bonds is 1. The Bertz CT molecular complexity index is 234. The lowest BCUT2D eigenvalue weighted by molar-refractivity contribution is 0.0862. The average molecular weight is 226 g/mol. The third-order valence-electron chi connectivity index (χ3n) is 4.37. The monoisotopic (exact) mass is 226 g/mol. The van der Waals surface area contributed by atoms with Gasteiger partial charge >= 0.3 is 0 Å². The van der Waals surface area contributed by atoms with Crippen LogP contribution in [-0.4, -0.2) is 47.6 Å². The molecular weight excluding hydrogens is 204 g/mol. The molecule has 0 radical (unpaired) electrons. The van der Waals surface area contributed by atoms with Crippen molar-refractivity contribution < 1.29 is 0 Å². The SMILES string of the molecule is CC1CC(N2CCCC3CNCC32)CS1. The zero-order chi connectivity index (χ0) is 10.3. The van der Waals surface area contributed by atoms with Gasteiger partial charge in [0.15, 0.2) is 0 Å². The first-order valence-corrected chi connectivity index (χ1v) is 7.47. The maximum Gasteiger partial charge on any atom is 0.0264 e. The smallest absolute Gasteiger partial charge is 0.0264 e. The third-order valence-corrected chi connectivity index (χ3v) is 5.71. The molecule has 0 saturated carbocycles. The number of fused-ring (bicyclic) bond motifs is 1. The number of nitrogens with zero attached hydrogens (tertiary/aromatic N) is 1. The van der Waals surface area contributed by atoms with Crippen LogP contribution in [-0.2, 0) is 0 Å².